The number of rotatable bonds is 6. The first-order chi connectivity index (χ1) is 10.3. The van der Waals surface area contributed by atoms with Crippen molar-refractivity contribution in [2.45, 2.75) is 39.5 Å². The molecule has 2 unspecified atom stereocenters. The van der Waals surface area contributed by atoms with E-state index in [1.165, 1.54) is 19.3 Å². The predicted octanol–water partition coefficient (Wildman–Crippen LogP) is 4.36. The molecular weight excluding hydrogens is 280 g/mol. The van der Waals surface area contributed by atoms with Gasteiger partial charge in [-0.2, -0.15) is 4.98 Å². The van der Waals surface area contributed by atoms with E-state index in [2.05, 4.69) is 45.9 Å². The molecule has 4 nitrogen and oxygen atoms in total. The van der Waals surface area contributed by atoms with Crippen LogP contribution in [0.5, 0.6) is 0 Å². The van der Waals surface area contributed by atoms with Gasteiger partial charge in [0.05, 0.1) is 5.39 Å². The van der Waals surface area contributed by atoms with E-state index in [9.17, 15) is 0 Å². The van der Waals surface area contributed by atoms with Gasteiger partial charge in [0.1, 0.15) is 10.6 Å². The van der Waals surface area contributed by atoms with E-state index in [0.29, 0.717) is 0 Å². The SMILES string of the molecule is CCCNc1nc(NCC2CCCC2C)c2ccsc2n1. The summed E-state index contributed by atoms with van der Waals surface area (Å²) >= 11 is 1.68. The summed E-state index contributed by atoms with van der Waals surface area (Å²) in [5.41, 5.74) is 0. The third-order valence-corrected chi connectivity index (χ3v) is 5.24. The maximum absolute atomic E-state index is 4.67. The molecule has 1 aliphatic rings. The van der Waals surface area contributed by atoms with Crippen LogP contribution >= 0.6 is 11.3 Å². The summed E-state index contributed by atoms with van der Waals surface area (Å²) in [6.45, 7) is 6.46. The van der Waals surface area contributed by atoms with Crippen LogP contribution in [0.3, 0.4) is 0 Å². The zero-order valence-electron chi connectivity index (χ0n) is 12.9. The molecule has 0 aromatic carbocycles. The minimum atomic E-state index is 0.744. The Labute approximate surface area is 130 Å². The van der Waals surface area contributed by atoms with Crippen LogP contribution in [0.25, 0.3) is 10.2 Å². The molecule has 0 aliphatic heterocycles. The fourth-order valence-corrected chi connectivity index (χ4v) is 3.82. The van der Waals surface area contributed by atoms with E-state index in [1.54, 1.807) is 11.3 Å². The summed E-state index contributed by atoms with van der Waals surface area (Å²) in [4.78, 5) is 10.3. The topological polar surface area (TPSA) is 49.8 Å². The highest BCUT2D eigenvalue weighted by atomic mass is 32.1. The second kappa shape index (κ2) is 6.60. The van der Waals surface area contributed by atoms with Gasteiger partial charge in [0, 0.05) is 13.1 Å². The Balaban J connectivity index is 1.77. The summed E-state index contributed by atoms with van der Waals surface area (Å²) in [5, 5.41) is 10.1. The van der Waals surface area contributed by atoms with Crippen LogP contribution in [0, 0.1) is 11.8 Å². The molecule has 5 heteroatoms. The quantitative estimate of drug-likeness (QED) is 0.832. The number of hydrogen-bond acceptors (Lipinski definition) is 5. The summed E-state index contributed by atoms with van der Waals surface area (Å²) in [5.74, 6) is 3.34. The number of fused-ring (bicyclic) bond motifs is 1. The van der Waals surface area contributed by atoms with Crippen molar-refractivity contribution in [3.8, 4) is 0 Å². The van der Waals surface area contributed by atoms with Gasteiger partial charge in [0.15, 0.2) is 0 Å². The fourth-order valence-electron chi connectivity index (χ4n) is 3.06. The van der Waals surface area contributed by atoms with E-state index in [-0.39, 0.29) is 0 Å². The lowest BCUT2D eigenvalue weighted by molar-refractivity contribution is 0.439. The van der Waals surface area contributed by atoms with Crippen molar-refractivity contribution in [3.05, 3.63) is 11.4 Å². The van der Waals surface area contributed by atoms with E-state index in [1.807, 2.05) is 0 Å². The molecule has 2 aromatic heterocycles. The van der Waals surface area contributed by atoms with Crippen LogP contribution in [-0.4, -0.2) is 23.1 Å². The van der Waals surface area contributed by atoms with Crippen molar-refractivity contribution in [1.29, 1.82) is 0 Å². The van der Waals surface area contributed by atoms with Gasteiger partial charge in [0.2, 0.25) is 5.95 Å². The molecule has 2 N–H and O–H groups in total. The summed E-state index contributed by atoms with van der Waals surface area (Å²) in [6, 6.07) is 2.12. The van der Waals surface area contributed by atoms with Crippen LogP contribution in [0.2, 0.25) is 0 Å². The zero-order chi connectivity index (χ0) is 14.7. The predicted molar refractivity (Wildman–Crippen MR) is 91.2 cm³/mol. The molecule has 1 aliphatic carbocycles. The minimum absolute atomic E-state index is 0.744. The molecule has 0 bridgehead atoms. The molecule has 1 fully saturated rings. The summed E-state index contributed by atoms with van der Waals surface area (Å²) in [7, 11) is 0. The third kappa shape index (κ3) is 3.28. The molecule has 114 valence electrons. The van der Waals surface area contributed by atoms with Crippen molar-refractivity contribution in [1.82, 2.24) is 9.97 Å². The monoisotopic (exact) mass is 304 g/mol. The second-order valence-electron chi connectivity index (χ2n) is 6.01. The Morgan fingerprint density at radius 3 is 2.95 bits per heavy atom. The Morgan fingerprint density at radius 1 is 1.29 bits per heavy atom. The minimum Gasteiger partial charge on any atom is -0.369 e. The van der Waals surface area contributed by atoms with Crippen LogP contribution < -0.4 is 10.6 Å². The highest BCUT2D eigenvalue weighted by molar-refractivity contribution is 7.16. The molecule has 3 rings (SSSR count). The van der Waals surface area contributed by atoms with Gasteiger partial charge in [-0.3, -0.25) is 0 Å². The summed E-state index contributed by atoms with van der Waals surface area (Å²) < 4.78 is 0. The third-order valence-electron chi connectivity index (χ3n) is 4.43. The van der Waals surface area contributed by atoms with Crippen molar-refractivity contribution < 1.29 is 0 Å². The van der Waals surface area contributed by atoms with Crippen LogP contribution in [0.4, 0.5) is 11.8 Å². The number of thiophene rings is 1. The standard InChI is InChI=1S/C16H24N4S/c1-3-8-17-16-19-14(13-7-9-21-15(13)20-16)18-10-12-6-4-5-11(12)2/h7,9,11-12H,3-6,8,10H2,1-2H3,(H2,17,18,19,20). The average Bonchev–Trinajstić information content (AvgIpc) is 3.11. The molecule has 1 saturated carbocycles. The largest absolute Gasteiger partial charge is 0.369 e. The number of nitrogens with one attached hydrogen (secondary N) is 2. The molecule has 21 heavy (non-hydrogen) atoms. The van der Waals surface area contributed by atoms with Crippen molar-refractivity contribution in [2.24, 2.45) is 11.8 Å². The van der Waals surface area contributed by atoms with E-state index < -0.39 is 0 Å². The van der Waals surface area contributed by atoms with Crippen LogP contribution in [0.1, 0.15) is 39.5 Å². The smallest absolute Gasteiger partial charge is 0.226 e. The van der Waals surface area contributed by atoms with Crippen LogP contribution in [-0.2, 0) is 0 Å². The van der Waals surface area contributed by atoms with E-state index >= 15 is 0 Å². The van der Waals surface area contributed by atoms with Gasteiger partial charge < -0.3 is 10.6 Å². The number of nitrogens with zero attached hydrogens (tertiary/aromatic N) is 2. The average molecular weight is 304 g/mol. The molecule has 0 amide bonds. The normalized spacial score (nSPS) is 21.8. The second-order valence-corrected chi connectivity index (χ2v) is 6.91. The molecule has 2 atom stereocenters. The lowest BCUT2D eigenvalue weighted by atomic mass is 9.98. The lowest BCUT2D eigenvalue weighted by Crippen LogP contribution is -2.17. The zero-order valence-corrected chi connectivity index (χ0v) is 13.7. The Bertz CT molecular complexity index is 595. The van der Waals surface area contributed by atoms with E-state index in [0.717, 1.165) is 53.3 Å². The number of aromatic nitrogens is 2. The Kier molecular flexibility index (Phi) is 4.58. The molecule has 2 heterocycles. The highest BCUT2D eigenvalue weighted by Crippen LogP contribution is 2.32. The fraction of sp³-hybridized carbons (Fsp3) is 0.625. The molecule has 0 saturated heterocycles. The van der Waals surface area contributed by atoms with Crippen molar-refractivity contribution in [2.75, 3.05) is 23.7 Å². The summed E-state index contributed by atoms with van der Waals surface area (Å²) in [6.07, 6.45) is 5.16. The maximum atomic E-state index is 4.67. The van der Waals surface area contributed by atoms with Crippen molar-refractivity contribution >= 4 is 33.3 Å². The molecule has 2 aromatic rings. The van der Waals surface area contributed by atoms with Crippen LogP contribution in [0.15, 0.2) is 11.4 Å². The molecule has 0 radical (unpaired) electrons. The molecule has 0 spiro atoms. The highest BCUT2D eigenvalue weighted by Gasteiger charge is 2.23. The Morgan fingerprint density at radius 2 is 2.19 bits per heavy atom. The van der Waals surface area contributed by atoms with Crippen molar-refractivity contribution in [3.63, 3.8) is 0 Å². The first-order valence-electron chi connectivity index (χ1n) is 8.01. The first-order valence-corrected chi connectivity index (χ1v) is 8.89. The van der Waals surface area contributed by atoms with Gasteiger partial charge in [-0.15, -0.1) is 11.3 Å². The van der Waals surface area contributed by atoms with Gasteiger partial charge in [-0.25, -0.2) is 4.98 Å². The van der Waals surface area contributed by atoms with Gasteiger partial charge in [0.25, 0.3) is 0 Å². The lowest BCUT2D eigenvalue weighted by Gasteiger charge is -2.17. The van der Waals surface area contributed by atoms with Gasteiger partial charge in [-0.1, -0.05) is 26.7 Å². The van der Waals surface area contributed by atoms with Gasteiger partial charge in [-0.05, 0) is 36.1 Å². The first kappa shape index (κ1) is 14.6. The molecular formula is C16H24N4S. The van der Waals surface area contributed by atoms with E-state index in [4.69, 9.17) is 0 Å². The number of hydrogen-bond donors (Lipinski definition) is 2. The maximum Gasteiger partial charge on any atom is 0.226 e. The van der Waals surface area contributed by atoms with Gasteiger partial charge >= 0.3 is 0 Å². The number of anilines is 2. The Hall–Kier alpha value is -1.36.